The molecule has 0 bridgehead atoms. The number of amides is 2. The van der Waals surface area contributed by atoms with Gasteiger partial charge in [0.15, 0.2) is 23.1 Å². The van der Waals surface area contributed by atoms with E-state index in [2.05, 4.69) is 15.5 Å². The smallest absolute Gasteiger partial charge is 0.256 e. The Bertz CT molecular complexity index is 1680. The number of carbonyl (C=O) groups excluding carboxylic acids is 2. The van der Waals surface area contributed by atoms with Crippen LogP contribution < -0.4 is 39.9 Å². The lowest BCUT2D eigenvalue weighted by Crippen LogP contribution is -2.45. The Kier molecular flexibility index (Phi) is 11.3. The number of hydrogen-bond acceptors (Lipinski definition) is 9. The van der Waals surface area contributed by atoms with E-state index in [4.69, 9.17) is 18.9 Å². The van der Waals surface area contributed by atoms with Crippen LogP contribution in [0.4, 0.5) is 10.1 Å². The standard InChI is InChI=1S/C35H46FN5O7/c1-22-21-48-34-30-24(19-26(36)31(34)40-14-12-39(2)13-15-40)32(43)25(20-41(22)30)35(44)38-11-9-7-6-8-10-37-29(42)18-23-16-27(45-3)33(47-5)28(17-23)46-4/h16-17,19-20,22H,6-15,18,21H2,1-5H3,(H,37,42)(H,38,44). The van der Waals surface area contributed by atoms with E-state index in [1.165, 1.54) is 27.4 Å². The number of nitrogens with one attached hydrogen (secondary N) is 2. The summed E-state index contributed by atoms with van der Waals surface area (Å²) in [6.07, 6.45) is 4.96. The second-order valence-electron chi connectivity index (χ2n) is 12.4. The summed E-state index contributed by atoms with van der Waals surface area (Å²) in [5, 5.41) is 5.94. The monoisotopic (exact) mass is 667 g/mol. The number of benzene rings is 2. The molecule has 2 aliphatic rings. The van der Waals surface area contributed by atoms with E-state index < -0.39 is 17.2 Å². The summed E-state index contributed by atoms with van der Waals surface area (Å²) in [4.78, 5) is 43.3. The van der Waals surface area contributed by atoms with Crippen LogP contribution in [0, 0.1) is 5.82 Å². The van der Waals surface area contributed by atoms with Gasteiger partial charge in [-0.05, 0) is 50.6 Å². The summed E-state index contributed by atoms with van der Waals surface area (Å²) in [6.45, 7) is 6.09. The van der Waals surface area contributed by atoms with Crippen molar-refractivity contribution >= 4 is 28.4 Å². The van der Waals surface area contributed by atoms with Crippen molar-refractivity contribution in [2.75, 3.05) is 79.2 Å². The number of carbonyl (C=O) groups is 2. The van der Waals surface area contributed by atoms with Gasteiger partial charge in [0.2, 0.25) is 17.1 Å². The molecule has 0 radical (unpaired) electrons. The summed E-state index contributed by atoms with van der Waals surface area (Å²) >= 11 is 0. The molecule has 2 aromatic carbocycles. The molecule has 3 heterocycles. The van der Waals surface area contributed by atoms with Crippen molar-refractivity contribution in [3.8, 4) is 23.0 Å². The first-order chi connectivity index (χ1) is 23.2. The summed E-state index contributed by atoms with van der Waals surface area (Å²) in [6, 6.07) is 4.63. The van der Waals surface area contributed by atoms with Crippen molar-refractivity contribution in [3.05, 3.63) is 51.6 Å². The highest BCUT2D eigenvalue weighted by Crippen LogP contribution is 2.42. The van der Waals surface area contributed by atoms with Crippen molar-refractivity contribution in [2.45, 2.75) is 45.1 Å². The molecule has 3 aromatic rings. The molecule has 1 aromatic heterocycles. The van der Waals surface area contributed by atoms with Gasteiger partial charge in [0.25, 0.3) is 5.91 Å². The van der Waals surface area contributed by atoms with Crippen LogP contribution in [-0.2, 0) is 11.2 Å². The van der Waals surface area contributed by atoms with Crippen LogP contribution in [0.1, 0.15) is 54.6 Å². The third-order valence-electron chi connectivity index (χ3n) is 9.01. The van der Waals surface area contributed by atoms with E-state index >= 15 is 4.39 Å². The molecule has 2 amide bonds. The molecule has 1 fully saturated rings. The maximum Gasteiger partial charge on any atom is 0.256 e. The van der Waals surface area contributed by atoms with Gasteiger partial charge in [-0.25, -0.2) is 4.39 Å². The van der Waals surface area contributed by atoms with Gasteiger partial charge in [-0.15, -0.1) is 0 Å². The van der Waals surface area contributed by atoms with Gasteiger partial charge in [-0.1, -0.05) is 12.8 Å². The third kappa shape index (κ3) is 7.46. The molecule has 5 rings (SSSR count). The number of piperazine rings is 1. The van der Waals surface area contributed by atoms with Crippen molar-refractivity contribution in [1.82, 2.24) is 20.1 Å². The van der Waals surface area contributed by atoms with Gasteiger partial charge in [-0.3, -0.25) is 14.4 Å². The zero-order chi connectivity index (χ0) is 34.4. The number of halogens is 1. The lowest BCUT2D eigenvalue weighted by Gasteiger charge is -2.37. The van der Waals surface area contributed by atoms with Crippen LogP contribution in [-0.4, -0.2) is 95.5 Å². The predicted octanol–water partition coefficient (Wildman–Crippen LogP) is 3.52. The van der Waals surface area contributed by atoms with Crippen molar-refractivity contribution in [2.24, 2.45) is 0 Å². The van der Waals surface area contributed by atoms with E-state index in [0.717, 1.165) is 37.9 Å². The zero-order valence-electron chi connectivity index (χ0n) is 28.4. The minimum Gasteiger partial charge on any atom is -0.493 e. The summed E-state index contributed by atoms with van der Waals surface area (Å²) in [7, 11) is 6.63. The molecule has 12 nitrogen and oxygen atoms in total. The predicted molar refractivity (Wildman–Crippen MR) is 182 cm³/mol. The first-order valence-corrected chi connectivity index (χ1v) is 16.5. The Balaban J connectivity index is 1.11. The average Bonchev–Trinajstić information content (AvgIpc) is 3.08. The molecule has 2 aliphatic heterocycles. The molecule has 0 aliphatic carbocycles. The number of hydrogen-bond donors (Lipinski definition) is 2. The van der Waals surface area contributed by atoms with Crippen LogP contribution in [0.15, 0.2) is 29.2 Å². The molecule has 2 N–H and O–H groups in total. The fourth-order valence-corrected chi connectivity index (χ4v) is 6.31. The highest BCUT2D eigenvalue weighted by Gasteiger charge is 2.31. The van der Waals surface area contributed by atoms with Crippen LogP contribution in [0.5, 0.6) is 23.0 Å². The Morgan fingerprint density at radius 2 is 1.58 bits per heavy atom. The van der Waals surface area contributed by atoms with Gasteiger partial charge < -0.3 is 43.9 Å². The first-order valence-electron chi connectivity index (χ1n) is 16.5. The molecule has 0 spiro atoms. The van der Waals surface area contributed by atoms with Crippen LogP contribution in [0.2, 0.25) is 0 Å². The van der Waals surface area contributed by atoms with Gasteiger partial charge in [0.05, 0.1) is 44.7 Å². The van der Waals surface area contributed by atoms with Crippen molar-refractivity contribution in [3.63, 3.8) is 0 Å². The molecule has 0 saturated carbocycles. The molecule has 1 unspecified atom stereocenters. The molecular formula is C35H46FN5O7. The Labute approximate surface area is 280 Å². The van der Waals surface area contributed by atoms with E-state index in [-0.39, 0.29) is 29.3 Å². The van der Waals surface area contributed by atoms with E-state index in [1.807, 2.05) is 23.4 Å². The molecule has 1 saturated heterocycles. The number of nitrogens with zero attached hydrogens (tertiary/aromatic N) is 3. The Morgan fingerprint density at radius 1 is 0.938 bits per heavy atom. The van der Waals surface area contributed by atoms with E-state index in [0.29, 0.717) is 73.4 Å². The van der Waals surface area contributed by atoms with Crippen LogP contribution in [0.3, 0.4) is 0 Å². The first kappa shape index (κ1) is 34.8. The van der Waals surface area contributed by atoms with Gasteiger partial charge >= 0.3 is 0 Å². The Morgan fingerprint density at radius 3 is 2.21 bits per heavy atom. The second-order valence-corrected chi connectivity index (χ2v) is 12.4. The Hall–Kier alpha value is -4.52. The third-order valence-corrected chi connectivity index (χ3v) is 9.01. The van der Waals surface area contributed by atoms with Gasteiger partial charge in [0, 0.05) is 45.5 Å². The number of unbranched alkanes of at least 4 members (excludes halogenated alkanes) is 3. The molecular weight excluding hydrogens is 621 g/mol. The van der Waals surface area contributed by atoms with Gasteiger partial charge in [-0.2, -0.15) is 0 Å². The highest BCUT2D eigenvalue weighted by atomic mass is 19.1. The number of ether oxygens (including phenoxy) is 4. The fourth-order valence-electron chi connectivity index (χ4n) is 6.31. The van der Waals surface area contributed by atoms with Crippen LogP contribution >= 0.6 is 0 Å². The lowest BCUT2D eigenvalue weighted by molar-refractivity contribution is -0.120. The SMILES string of the molecule is COc1cc(CC(=O)NCCCCCCNC(=O)c2cn3c4c(c(N5CCN(C)CC5)c(F)cc4c2=O)OCC3C)cc(OC)c1OC. The van der Waals surface area contributed by atoms with Crippen molar-refractivity contribution < 1.29 is 32.9 Å². The molecule has 13 heteroatoms. The fraction of sp³-hybridized carbons (Fsp3) is 0.514. The average molecular weight is 668 g/mol. The lowest BCUT2D eigenvalue weighted by atomic mass is 10.0. The highest BCUT2D eigenvalue weighted by molar-refractivity contribution is 6.00. The number of pyridine rings is 1. The van der Waals surface area contributed by atoms with Gasteiger partial charge in [0.1, 0.15) is 17.9 Å². The maximum absolute atomic E-state index is 15.6. The summed E-state index contributed by atoms with van der Waals surface area (Å²) in [5.74, 6) is 0.728. The summed E-state index contributed by atoms with van der Waals surface area (Å²) in [5.41, 5.74) is 1.14. The quantitative estimate of drug-likeness (QED) is 0.249. The summed E-state index contributed by atoms with van der Waals surface area (Å²) < 4.78 is 39.6. The normalized spacial score (nSPS) is 16.0. The van der Waals surface area contributed by atoms with Crippen molar-refractivity contribution in [1.29, 1.82) is 0 Å². The van der Waals surface area contributed by atoms with Crippen LogP contribution in [0.25, 0.3) is 10.9 Å². The minimum absolute atomic E-state index is 0.0104. The second kappa shape index (κ2) is 15.6. The molecule has 48 heavy (non-hydrogen) atoms. The largest absolute Gasteiger partial charge is 0.493 e. The van der Waals surface area contributed by atoms with E-state index in [1.54, 1.807) is 18.3 Å². The topological polar surface area (TPSA) is 124 Å². The minimum atomic E-state index is -0.518. The molecule has 260 valence electrons. The zero-order valence-corrected chi connectivity index (χ0v) is 28.4. The maximum atomic E-state index is 15.6. The number of likely N-dealkylation sites (N-methyl/N-ethyl adjacent to an activating group) is 1. The van der Waals surface area contributed by atoms with E-state index in [9.17, 15) is 14.4 Å². The number of rotatable bonds is 14. The molecule has 1 atom stereocenters. The number of anilines is 1. The number of aromatic nitrogens is 1. The number of methoxy groups -OCH3 is 3.